The lowest BCUT2D eigenvalue weighted by atomic mass is 9.85. The zero-order valence-electron chi connectivity index (χ0n) is 18.8. The highest BCUT2D eigenvalue weighted by Gasteiger charge is 2.30. The summed E-state index contributed by atoms with van der Waals surface area (Å²) < 4.78 is 5.60. The Balaban J connectivity index is 0.00000341. The quantitative estimate of drug-likeness (QED) is 0.299. The van der Waals surface area contributed by atoms with E-state index in [-0.39, 0.29) is 30.0 Å². The minimum Gasteiger partial charge on any atom is -0.468 e. The lowest BCUT2D eigenvalue weighted by Gasteiger charge is -2.40. The lowest BCUT2D eigenvalue weighted by Crippen LogP contribution is -2.46. The molecule has 8 heteroatoms. The van der Waals surface area contributed by atoms with Crippen LogP contribution in [0.4, 0.5) is 0 Å². The maximum atomic E-state index is 6.27. The van der Waals surface area contributed by atoms with E-state index in [0.717, 1.165) is 29.8 Å². The van der Waals surface area contributed by atoms with Crippen molar-refractivity contribution < 1.29 is 4.42 Å². The predicted octanol–water partition coefficient (Wildman–Crippen LogP) is 4.40. The standard InChI is InChI=1S/C23H34ClN5O.HI/c1-25-23(27-16-20(28(2)3)21-11-7-13-30-21)26-15-18-9-6-12-29(4)22(18)17-8-5-10-19(24)14-17;/h5,7-8,10-11,13-14,18,20,22H,6,9,12,15-16H2,1-4H3,(H2,25,26,27);1H. The number of likely N-dealkylation sites (tertiary alicyclic amines) is 1. The molecule has 2 heterocycles. The monoisotopic (exact) mass is 559 g/mol. The molecule has 0 amide bonds. The maximum Gasteiger partial charge on any atom is 0.191 e. The zero-order valence-corrected chi connectivity index (χ0v) is 21.9. The molecule has 2 N–H and O–H groups in total. The van der Waals surface area contributed by atoms with Gasteiger partial charge in [0.1, 0.15) is 5.76 Å². The van der Waals surface area contributed by atoms with Crippen molar-refractivity contribution in [3.8, 4) is 0 Å². The molecule has 172 valence electrons. The van der Waals surface area contributed by atoms with Gasteiger partial charge in [-0.2, -0.15) is 0 Å². The summed E-state index contributed by atoms with van der Waals surface area (Å²) in [5.41, 5.74) is 1.28. The summed E-state index contributed by atoms with van der Waals surface area (Å²) in [6.07, 6.45) is 4.10. The average molecular weight is 560 g/mol. The Bertz CT molecular complexity index is 814. The topological polar surface area (TPSA) is 56.0 Å². The van der Waals surface area contributed by atoms with Crippen LogP contribution in [0.3, 0.4) is 0 Å². The van der Waals surface area contributed by atoms with Crippen LogP contribution < -0.4 is 10.6 Å². The smallest absolute Gasteiger partial charge is 0.191 e. The van der Waals surface area contributed by atoms with Gasteiger partial charge in [-0.25, -0.2) is 0 Å². The van der Waals surface area contributed by atoms with Crippen LogP contribution >= 0.6 is 35.6 Å². The molecule has 0 spiro atoms. The Morgan fingerprint density at radius 3 is 2.74 bits per heavy atom. The fourth-order valence-electron chi connectivity index (χ4n) is 4.35. The number of nitrogens with one attached hydrogen (secondary N) is 2. The first-order chi connectivity index (χ1) is 14.5. The Kier molecular flexibility index (Phi) is 10.6. The van der Waals surface area contributed by atoms with Crippen molar-refractivity contribution in [3.63, 3.8) is 0 Å². The summed E-state index contributed by atoms with van der Waals surface area (Å²) in [6, 6.07) is 12.7. The highest BCUT2D eigenvalue weighted by Crippen LogP contribution is 2.35. The minimum atomic E-state index is 0. The number of piperidine rings is 1. The van der Waals surface area contributed by atoms with Gasteiger partial charge in [-0.1, -0.05) is 23.7 Å². The van der Waals surface area contributed by atoms with Crippen molar-refractivity contribution in [3.05, 3.63) is 59.0 Å². The fourth-order valence-corrected chi connectivity index (χ4v) is 4.55. The molecule has 0 saturated carbocycles. The second-order valence-corrected chi connectivity index (χ2v) is 8.65. The van der Waals surface area contributed by atoms with Crippen LogP contribution in [0.25, 0.3) is 0 Å². The first-order valence-corrected chi connectivity index (χ1v) is 11.0. The van der Waals surface area contributed by atoms with E-state index in [2.05, 4.69) is 58.7 Å². The van der Waals surface area contributed by atoms with E-state index in [4.69, 9.17) is 16.0 Å². The number of furan rings is 1. The maximum absolute atomic E-state index is 6.27. The van der Waals surface area contributed by atoms with Gasteiger partial charge in [-0.3, -0.25) is 14.8 Å². The van der Waals surface area contributed by atoms with Gasteiger partial charge >= 0.3 is 0 Å². The molecule has 1 saturated heterocycles. The van der Waals surface area contributed by atoms with E-state index >= 15 is 0 Å². The highest BCUT2D eigenvalue weighted by molar-refractivity contribution is 14.0. The second kappa shape index (κ2) is 12.7. The third-order valence-electron chi connectivity index (χ3n) is 5.91. The molecule has 31 heavy (non-hydrogen) atoms. The number of guanidine groups is 1. The number of aliphatic imine (C=N–C) groups is 1. The van der Waals surface area contributed by atoms with E-state index in [1.165, 1.54) is 18.4 Å². The highest BCUT2D eigenvalue weighted by atomic mass is 127. The SMILES string of the molecule is CN=C(NCC1CCCN(C)C1c1cccc(Cl)c1)NCC(c1ccco1)N(C)C.I. The second-order valence-electron chi connectivity index (χ2n) is 8.21. The molecule has 6 nitrogen and oxygen atoms in total. The molecule has 2 aromatic rings. The Morgan fingerprint density at radius 2 is 2.10 bits per heavy atom. The Labute approximate surface area is 208 Å². The van der Waals surface area contributed by atoms with Crippen molar-refractivity contribution in [2.75, 3.05) is 47.8 Å². The van der Waals surface area contributed by atoms with E-state index in [1.807, 2.05) is 31.3 Å². The summed E-state index contributed by atoms with van der Waals surface area (Å²) in [4.78, 5) is 9.01. The largest absolute Gasteiger partial charge is 0.468 e. The van der Waals surface area contributed by atoms with Crippen molar-refractivity contribution in [2.45, 2.75) is 24.9 Å². The normalized spacial score (nSPS) is 20.9. The zero-order chi connectivity index (χ0) is 21.5. The lowest BCUT2D eigenvalue weighted by molar-refractivity contribution is 0.122. The van der Waals surface area contributed by atoms with Crippen LogP contribution in [0.1, 0.15) is 36.2 Å². The number of benzene rings is 1. The molecule has 3 atom stereocenters. The van der Waals surface area contributed by atoms with Gasteiger partial charge in [0.25, 0.3) is 0 Å². The van der Waals surface area contributed by atoms with Gasteiger partial charge in [0.15, 0.2) is 5.96 Å². The number of hydrogen-bond donors (Lipinski definition) is 2. The van der Waals surface area contributed by atoms with Crippen LogP contribution in [0.2, 0.25) is 5.02 Å². The average Bonchev–Trinajstić information content (AvgIpc) is 3.24. The third kappa shape index (κ3) is 7.10. The van der Waals surface area contributed by atoms with E-state index in [9.17, 15) is 0 Å². The summed E-state index contributed by atoms with van der Waals surface area (Å²) in [7, 11) is 8.13. The molecule has 1 aromatic carbocycles. The number of hydrogen-bond acceptors (Lipinski definition) is 4. The van der Waals surface area contributed by atoms with Crippen LogP contribution in [0, 0.1) is 5.92 Å². The Morgan fingerprint density at radius 1 is 1.29 bits per heavy atom. The molecule has 0 bridgehead atoms. The van der Waals surface area contributed by atoms with Crippen molar-refractivity contribution >= 4 is 41.5 Å². The van der Waals surface area contributed by atoms with Gasteiger partial charge in [-0.05, 0) is 76.3 Å². The molecule has 1 aliphatic rings. The van der Waals surface area contributed by atoms with Crippen molar-refractivity contribution in [2.24, 2.45) is 10.9 Å². The molecule has 3 unspecified atom stereocenters. The summed E-state index contributed by atoms with van der Waals surface area (Å²) >= 11 is 6.27. The minimum absolute atomic E-state index is 0. The molecule has 3 rings (SSSR count). The van der Waals surface area contributed by atoms with E-state index < -0.39 is 0 Å². The summed E-state index contributed by atoms with van der Waals surface area (Å²) in [6.45, 7) is 2.67. The fraction of sp³-hybridized carbons (Fsp3) is 0.522. The number of likely N-dealkylation sites (N-methyl/N-ethyl adjacent to an activating group) is 1. The van der Waals surface area contributed by atoms with E-state index in [0.29, 0.717) is 18.5 Å². The molecule has 0 aliphatic carbocycles. The number of nitrogens with zero attached hydrogens (tertiary/aromatic N) is 3. The van der Waals surface area contributed by atoms with Gasteiger partial charge in [0.05, 0.1) is 12.3 Å². The van der Waals surface area contributed by atoms with Crippen LogP contribution in [0.15, 0.2) is 52.1 Å². The van der Waals surface area contributed by atoms with Crippen molar-refractivity contribution in [1.82, 2.24) is 20.4 Å². The number of rotatable bonds is 7. The van der Waals surface area contributed by atoms with Crippen LogP contribution in [-0.4, -0.2) is 63.6 Å². The number of halogens is 2. The third-order valence-corrected chi connectivity index (χ3v) is 6.15. The van der Waals surface area contributed by atoms with Crippen molar-refractivity contribution in [1.29, 1.82) is 0 Å². The molecule has 1 aliphatic heterocycles. The summed E-state index contributed by atoms with van der Waals surface area (Å²) in [5, 5.41) is 7.79. The van der Waals surface area contributed by atoms with Gasteiger partial charge in [0, 0.05) is 31.2 Å². The summed E-state index contributed by atoms with van der Waals surface area (Å²) in [5.74, 6) is 2.24. The molecule has 0 radical (unpaired) electrons. The molecule has 1 aromatic heterocycles. The van der Waals surface area contributed by atoms with E-state index in [1.54, 1.807) is 6.26 Å². The first kappa shape index (κ1) is 26.0. The Hall–Kier alpha value is -1.29. The first-order valence-electron chi connectivity index (χ1n) is 10.6. The molecular weight excluding hydrogens is 525 g/mol. The van der Waals surface area contributed by atoms with Gasteiger partial charge in [-0.15, -0.1) is 24.0 Å². The molecule has 1 fully saturated rings. The predicted molar refractivity (Wildman–Crippen MR) is 139 cm³/mol. The van der Waals surface area contributed by atoms with Gasteiger partial charge in [0.2, 0.25) is 0 Å². The van der Waals surface area contributed by atoms with Gasteiger partial charge < -0.3 is 15.1 Å². The molecular formula is C23H35ClIN5O. The van der Waals surface area contributed by atoms with Crippen LogP contribution in [0.5, 0.6) is 0 Å². The van der Waals surface area contributed by atoms with Crippen LogP contribution in [-0.2, 0) is 0 Å².